The third kappa shape index (κ3) is 2.53. The molecular weight excluding hydrogens is 304 g/mol. The molecule has 9 heteroatoms. The molecule has 0 radical (unpaired) electrons. The van der Waals surface area contributed by atoms with Crippen LogP contribution in [0.2, 0.25) is 0 Å². The predicted octanol–water partition coefficient (Wildman–Crippen LogP) is 0.914. The van der Waals surface area contributed by atoms with Crippen LogP contribution in [0.4, 0.5) is 5.82 Å². The Morgan fingerprint density at radius 1 is 1.18 bits per heavy atom. The van der Waals surface area contributed by atoms with Crippen LogP contribution in [0.15, 0.2) is 41.4 Å². The minimum absolute atomic E-state index is 0.139. The Labute approximate surface area is 126 Å². The van der Waals surface area contributed by atoms with Crippen molar-refractivity contribution in [2.24, 2.45) is 0 Å². The molecule has 0 unspecified atom stereocenters. The van der Waals surface area contributed by atoms with E-state index in [-0.39, 0.29) is 10.7 Å². The highest BCUT2D eigenvalue weighted by Crippen LogP contribution is 2.34. The summed E-state index contributed by atoms with van der Waals surface area (Å²) in [5, 5.41) is 13.5. The number of nitrogens with two attached hydrogens (primary N) is 1. The van der Waals surface area contributed by atoms with Gasteiger partial charge in [-0.05, 0) is 34.2 Å². The second-order valence-electron chi connectivity index (χ2n) is 4.67. The van der Waals surface area contributed by atoms with Crippen LogP contribution in [0.25, 0.3) is 22.5 Å². The summed E-state index contributed by atoms with van der Waals surface area (Å²) >= 11 is 0. The van der Waals surface area contributed by atoms with Crippen molar-refractivity contribution in [3.05, 3.63) is 36.5 Å². The molecule has 3 rings (SSSR count). The number of rotatable bonds is 3. The van der Waals surface area contributed by atoms with E-state index in [9.17, 15) is 8.42 Å². The lowest BCUT2D eigenvalue weighted by molar-refractivity contribution is 0.602. The molecule has 3 aromatic rings. The van der Waals surface area contributed by atoms with E-state index in [2.05, 4.69) is 25.6 Å². The number of benzene rings is 1. The van der Waals surface area contributed by atoms with Crippen LogP contribution in [0.3, 0.4) is 0 Å². The van der Waals surface area contributed by atoms with Crippen molar-refractivity contribution in [1.82, 2.24) is 25.6 Å². The predicted molar refractivity (Wildman–Crippen MR) is 80.4 cm³/mol. The van der Waals surface area contributed by atoms with Gasteiger partial charge in [0.1, 0.15) is 5.82 Å². The second-order valence-corrected chi connectivity index (χ2v) is 6.66. The molecule has 2 heterocycles. The number of nitrogen functional groups attached to an aromatic ring is 1. The largest absolute Gasteiger partial charge is 0.384 e. The van der Waals surface area contributed by atoms with Crippen LogP contribution < -0.4 is 5.73 Å². The molecule has 0 amide bonds. The quantitative estimate of drug-likeness (QED) is 0.735. The zero-order valence-electron chi connectivity index (χ0n) is 11.6. The fraction of sp³-hybridized carbons (Fsp3) is 0.0769. The fourth-order valence-corrected chi connectivity index (χ4v) is 3.06. The zero-order valence-corrected chi connectivity index (χ0v) is 12.4. The summed E-state index contributed by atoms with van der Waals surface area (Å²) in [6.07, 6.45) is 2.71. The van der Waals surface area contributed by atoms with Crippen molar-refractivity contribution < 1.29 is 8.42 Å². The van der Waals surface area contributed by atoms with Gasteiger partial charge >= 0.3 is 0 Å². The van der Waals surface area contributed by atoms with E-state index in [1.807, 2.05) is 0 Å². The van der Waals surface area contributed by atoms with Crippen LogP contribution in [0, 0.1) is 0 Å². The van der Waals surface area contributed by atoms with Gasteiger partial charge in [-0.2, -0.15) is 0 Å². The molecule has 22 heavy (non-hydrogen) atoms. The number of hydrogen-bond donors (Lipinski definition) is 2. The van der Waals surface area contributed by atoms with Gasteiger partial charge in [0.15, 0.2) is 15.7 Å². The summed E-state index contributed by atoms with van der Waals surface area (Å²) in [4.78, 5) is 4.18. The average Bonchev–Trinajstić information content (AvgIpc) is 3.00. The Kier molecular flexibility index (Phi) is 3.33. The molecule has 3 N–H and O–H groups in total. The molecule has 0 aliphatic carbocycles. The van der Waals surface area contributed by atoms with Gasteiger partial charge < -0.3 is 5.73 Å². The first-order valence-corrected chi connectivity index (χ1v) is 8.15. The molecule has 0 aliphatic heterocycles. The fourth-order valence-electron chi connectivity index (χ4n) is 2.15. The molecule has 0 atom stereocenters. The molecular formula is C13H12N6O2S. The van der Waals surface area contributed by atoms with E-state index >= 15 is 0 Å². The molecule has 0 spiro atoms. The molecule has 8 nitrogen and oxygen atoms in total. The summed E-state index contributed by atoms with van der Waals surface area (Å²) in [5.74, 6) is 0.652. The molecule has 2 aromatic heterocycles. The Hall–Kier alpha value is -2.81. The molecule has 1 aromatic carbocycles. The Morgan fingerprint density at radius 3 is 2.59 bits per heavy atom. The van der Waals surface area contributed by atoms with Gasteiger partial charge in [0, 0.05) is 23.6 Å². The topological polar surface area (TPSA) is 128 Å². The lowest BCUT2D eigenvalue weighted by Gasteiger charge is -2.11. The molecule has 112 valence electrons. The van der Waals surface area contributed by atoms with Gasteiger partial charge in [0.25, 0.3) is 0 Å². The monoisotopic (exact) mass is 316 g/mol. The van der Waals surface area contributed by atoms with Crippen LogP contribution >= 0.6 is 0 Å². The SMILES string of the molecule is CS(=O)(=O)c1cccc(-c2ccc(N)nc2)c1-c1nnn[nH]1. The van der Waals surface area contributed by atoms with Crippen LogP contribution in [-0.4, -0.2) is 40.3 Å². The van der Waals surface area contributed by atoms with Gasteiger partial charge in [0.2, 0.25) is 0 Å². The van der Waals surface area contributed by atoms with Crippen LogP contribution in [0.5, 0.6) is 0 Å². The van der Waals surface area contributed by atoms with E-state index in [0.717, 1.165) is 6.26 Å². The first-order chi connectivity index (χ1) is 10.5. The first kappa shape index (κ1) is 14.1. The maximum Gasteiger partial charge on any atom is 0.181 e. The highest BCUT2D eigenvalue weighted by molar-refractivity contribution is 7.90. The standard InChI is InChI=1S/C13H12N6O2S/c1-22(20,21)10-4-2-3-9(8-5-6-11(14)15-7-8)12(10)13-16-18-19-17-13/h2-7H,1H3,(H2,14,15)(H,16,17,18,19). The lowest BCUT2D eigenvalue weighted by Crippen LogP contribution is -2.02. The average molecular weight is 316 g/mol. The number of nitrogens with one attached hydrogen (secondary N) is 1. The second kappa shape index (κ2) is 5.19. The number of H-pyrrole nitrogens is 1. The van der Waals surface area contributed by atoms with Gasteiger partial charge in [-0.15, -0.1) is 5.10 Å². The van der Waals surface area contributed by atoms with Crippen molar-refractivity contribution in [2.45, 2.75) is 4.90 Å². The van der Waals surface area contributed by atoms with Crippen molar-refractivity contribution in [3.63, 3.8) is 0 Å². The third-order valence-electron chi connectivity index (χ3n) is 3.11. The number of anilines is 1. The number of hydrogen-bond acceptors (Lipinski definition) is 7. The highest BCUT2D eigenvalue weighted by atomic mass is 32.2. The maximum absolute atomic E-state index is 12.1. The number of sulfone groups is 1. The molecule has 0 saturated heterocycles. The van der Waals surface area contributed by atoms with Crippen molar-refractivity contribution in [1.29, 1.82) is 0 Å². The minimum atomic E-state index is -3.46. The van der Waals surface area contributed by atoms with Crippen LogP contribution in [0.1, 0.15) is 0 Å². The number of aromatic nitrogens is 5. The van der Waals surface area contributed by atoms with Crippen LogP contribution in [-0.2, 0) is 9.84 Å². The van der Waals surface area contributed by atoms with Crippen molar-refractivity contribution >= 4 is 15.7 Å². The number of nitrogens with zero attached hydrogens (tertiary/aromatic N) is 4. The number of tetrazole rings is 1. The van der Waals surface area contributed by atoms with E-state index < -0.39 is 9.84 Å². The summed E-state index contributed by atoms with van der Waals surface area (Å²) in [5.41, 5.74) is 7.36. The molecule has 0 saturated carbocycles. The zero-order chi connectivity index (χ0) is 15.7. The Bertz CT molecular complexity index is 904. The first-order valence-electron chi connectivity index (χ1n) is 6.26. The van der Waals surface area contributed by atoms with E-state index in [4.69, 9.17) is 5.73 Å². The summed E-state index contributed by atoms with van der Waals surface area (Å²) in [7, 11) is -3.46. The molecule has 0 bridgehead atoms. The van der Waals surface area contributed by atoms with Gasteiger partial charge in [-0.25, -0.2) is 18.5 Å². The lowest BCUT2D eigenvalue weighted by atomic mass is 10.0. The van der Waals surface area contributed by atoms with Gasteiger partial charge in [-0.3, -0.25) is 0 Å². The summed E-state index contributed by atoms with van der Waals surface area (Å²) in [6, 6.07) is 8.36. The normalized spacial score (nSPS) is 11.5. The van der Waals surface area contributed by atoms with Crippen molar-refractivity contribution in [2.75, 3.05) is 12.0 Å². The maximum atomic E-state index is 12.1. The minimum Gasteiger partial charge on any atom is -0.384 e. The smallest absolute Gasteiger partial charge is 0.181 e. The number of aromatic amines is 1. The highest BCUT2D eigenvalue weighted by Gasteiger charge is 2.21. The van der Waals surface area contributed by atoms with Gasteiger partial charge in [-0.1, -0.05) is 12.1 Å². The third-order valence-corrected chi connectivity index (χ3v) is 4.24. The molecule has 0 fully saturated rings. The van der Waals surface area contributed by atoms with E-state index in [1.54, 1.807) is 30.5 Å². The summed E-state index contributed by atoms with van der Waals surface area (Å²) < 4.78 is 24.1. The summed E-state index contributed by atoms with van der Waals surface area (Å²) in [6.45, 7) is 0. The Balaban J connectivity index is 2.34. The van der Waals surface area contributed by atoms with Gasteiger partial charge in [0.05, 0.1) is 4.90 Å². The van der Waals surface area contributed by atoms with E-state index in [1.165, 1.54) is 6.07 Å². The van der Waals surface area contributed by atoms with Crippen molar-refractivity contribution in [3.8, 4) is 22.5 Å². The van der Waals surface area contributed by atoms with E-state index in [0.29, 0.717) is 22.5 Å². The molecule has 0 aliphatic rings. The Morgan fingerprint density at radius 2 is 2.00 bits per heavy atom. The number of pyridine rings is 1.